The summed E-state index contributed by atoms with van der Waals surface area (Å²) >= 11 is 0. The SMILES string of the molecule is O=C(O)C(CN1CCN(CC(F)(F)F)CC1)NC1CC1. The molecule has 1 saturated heterocycles. The zero-order chi connectivity index (χ0) is 14.8. The van der Waals surface area contributed by atoms with Gasteiger partial charge in [-0.2, -0.15) is 13.2 Å². The molecule has 0 amide bonds. The van der Waals surface area contributed by atoms with Crippen molar-refractivity contribution in [1.82, 2.24) is 15.1 Å². The number of piperazine rings is 1. The Kier molecular flexibility index (Phi) is 4.87. The van der Waals surface area contributed by atoms with Gasteiger partial charge in [0.15, 0.2) is 0 Å². The Balaban J connectivity index is 1.73. The fourth-order valence-electron chi connectivity index (χ4n) is 2.38. The molecular formula is C12H20F3N3O2. The molecule has 5 nitrogen and oxygen atoms in total. The number of carboxylic acid groups (broad SMARTS) is 1. The number of hydrogen-bond acceptors (Lipinski definition) is 4. The van der Waals surface area contributed by atoms with Gasteiger partial charge in [-0.15, -0.1) is 0 Å². The van der Waals surface area contributed by atoms with Gasteiger partial charge in [-0.05, 0) is 12.8 Å². The third kappa shape index (κ3) is 5.26. The van der Waals surface area contributed by atoms with Gasteiger partial charge in [-0.25, -0.2) is 0 Å². The van der Waals surface area contributed by atoms with E-state index >= 15 is 0 Å². The molecule has 1 atom stereocenters. The van der Waals surface area contributed by atoms with E-state index in [9.17, 15) is 18.0 Å². The summed E-state index contributed by atoms with van der Waals surface area (Å²) in [5.74, 6) is -0.894. The van der Waals surface area contributed by atoms with Crippen LogP contribution in [-0.2, 0) is 4.79 Å². The summed E-state index contributed by atoms with van der Waals surface area (Å²) in [6, 6.07) is -0.334. The van der Waals surface area contributed by atoms with Crippen LogP contribution in [-0.4, -0.2) is 78.4 Å². The van der Waals surface area contributed by atoms with Crippen molar-refractivity contribution in [2.45, 2.75) is 31.1 Å². The van der Waals surface area contributed by atoms with Crippen molar-refractivity contribution in [2.75, 3.05) is 39.3 Å². The molecule has 2 rings (SSSR count). The summed E-state index contributed by atoms with van der Waals surface area (Å²) in [6.07, 6.45) is -2.16. The Labute approximate surface area is 115 Å². The number of halogens is 3. The van der Waals surface area contributed by atoms with Gasteiger partial charge in [0.25, 0.3) is 0 Å². The predicted molar refractivity (Wildman–Crippen MR) is 66.5 cm³/mol. The molecule has 0 spiro atoms. The van der Waals surface area contributed by atoms with Crippen molar-refractivity contribution in [3.8, 4) is 0 Å². The number of aliphatic carboxylic acids is 1. The van der Waals surface area contributed by atoms with E-state index in [1.54, 1.807) is 0 Å². The molecule has 0 radical (unpaired) electrons. The van der Waals surface area contributed by atoms with Crippen molar-refractivity contribution < 1.29 is 23.1 Å². The highest BCUT2D eigenvalue weighted by atomic mass is 19.4. The van der Waals surface area contributed by atoms with Gasteiger partial charge in [-0.1, -0.05) is 0 Å². The topological polar surface area (TPSA) is 55.8 Å². The minimum atomic E-state index is -4.17. The maximum Gasteiger partial charge on any atom is 0.401 e. The molecule has 0 bridgehead atoms. The Hall–Kier alpha value is -0.860. The molecule has 1 aliphatic heterocycles. The summed E-state index contributed by atoms with van der Waals surface area (Å²) < 4.78 is 36.8. The van der Waals surface area contributed by atoms with E-state index in [0.717, 1.165) is 12.8 Å². The highest BCUT2D eigenvalue weighted by molar-refractivity contribution is 5.73. The maximum atomic E-state index is 12.3. The third-order valence-electron chi connectivity index (χ3n) is 3.62. The number of nitrogens with one attached hydrogen (secondary N) is 1. The van der Waals surface area contributed by atoms with E-state index in [1.807, 2.05) is 4.90 Å². The van der Waals surface area contributed by atoms with E-state index in [-0.39, 0.29) is 0 Å². The zero-order valence-electron chi connectivity index (χ0n) is 11.2. The van der Waals surface area contributed by atoms with E-state index < -0.39 is 24.7 Å². The summed E-state index contributed by atoms with van der Waals surface area (Å²) in [4.78, 5) is 14.4. The monoisotopic (exact) mass is 295 g/mol. The van der Waals surface area contributed by atoms with E-state index in [2.05, 4.69) is 5.32 Å². The average molecular weight is 295 g/mol. The van der Waals surface area contributed by atoms with Crippen LogP contribution < -0.4 is 5.32 Å². The third-order valence-corrected chi connectivity index (χ3v) is 3.62. The van der Waals surface area contributed by atoms with Crippen LogP contribution in [0.3, 0.4) is 0 Å². The van der Waals surface area contributed by atoms with Gasteiger partial charge in [0.1, 0.15) is 6.04 Å². The second kappa shape index (κ2) is 6.28. The molecule has 20 heavy (non-hydrogen) atoms. The highest BCUT2D eigenvalue weighted by Gasteiger charge is 2.34. The van der Waals surface area contributed by atoms with Gasteiger partial charge in [0.2, 0.25) is 0 Å². The minimum Gasteiger partial charge on any atom is -0.480 e. The quantitative estimate of drug-likeness (QED) is 0.741. The predicted octanol–water partition coefficient (Wildman–Crippen LogP) is 0.371. The molecular weight excluding hydrogens is 275 g/mol. The Morgan fingerprint density at radius 1 is 1.20 bits per heavy atom. The second-order valence-electron chi connectivity index (χ2n) is 5.52. The Morgan fingerprint density at radius 3 is 2.20 bits per heavy atom. The first-order valence-electron chi connectivity index (χ1n) is 6.84. The first-order chi connectivity index (χ1) is 9.33. The molecule has 8 heteroatoms. The lowest BCUT2D eigenvalue weighted by Crippen LogP contribution is -2.54. The van der Waals surface area contributed by atoms with Gasteiger partial charge >= 0.3 is 12.1 Å². The van der Waals surface area contributed by atoms with Crippen LogP contribution in [0.5, 0.6) is 0 Å². The molecule has 2 N–H and O–H groups in total. The van der Waals surface area contributed by atoms with Gasteiger partial charge in [0, 0.05) is 38.8 Å². The Morgan fingerprint density at radius 2 is 1.75 bits per heavy atom. The lowest BCUT2D eigenvalue weighted by Gasteiger charge is -2.36. The minimum absolute atomic E-state index is 0.294. The molecule has 1 saturated carbocycles. The van der Waals surface area contributed by atoms with Crippen molar-refractivity contribution >= 4 is 5.97 Å². The lowest BCUT2D eigenvalue weighted by molar-refractivity contribution is -0.149. The number of carbonyl (C=O) groups is 1. The van der Waals surface area contributed by atoms with Crippen molar-refractivity contribution in [1.29, 1.82) is 0 Å². The van der Waals surface area contributed by atoms with Crippen LogP contribution in [0, 0.1) is 0 Å². The number of hydrogen-bond donors (Lipinski definition) is 2. The van der Waals surface area contributed by atoms with Gasteiger partial charge in [0.05, 0.1) is 6.54 Å². The molecule has 2 aliphatic rings. The maximum absolute atomic E-state index is 12.3. The van der Waals surface area contributed by atoms with E-state index in [1.165, 1.54) is 4.90 Å². The van der Waals surface area contributed by atoms with Crippen LogP contribution in [0.15, 0.2) is 0 Å². The van der Waals surface area contributed by atoms with E-state index in [0.29, 0.717) is 38.8 Å². The number of carboxylic acids is 1. The van der Waals surface area contributed by atoms with Crippen molar-refractivity contribution in [3.63, 3.8) is 0 Å². The summed E-state index contributed by atoms with van der Waals surface area (Å²) in [7, 11) is 0. The van der Waals surface area contributed by atoms with Gasteiger partial charge in [-0.3, -0.25) is 14.6 Å². The van der Waals surface area contributed by atoms with Crippen molar-refractivity contribution in [2.24, 2.45) is 0 Å². The largest absolute Gasteiger partial charge is 0.480 e. The molecule has 0 aromatic rings. The summed E-state index contributed by atoms with van der Waals surface area (Å²) in [5, 5.41) is 12.2. The fraction of sp³-hybridized carbons (Fsp3) is 0.917. The average Bonchev–Trinajstić information content (AvgIpc) is 3.12. The number of rotatable bonds is 6. The van der Waals surface area contributed by atoms with Crippen molar-refractivity contribution in [3.05, 3.63) is 0 Å². The van der Waals surface area contributed by atoms with Gasteiger partial charge < -0.3 is 10.4 Å². The molecule has 1 unspecified atom stereocenters. The Bertz CT molecular complexity index is 339. The first kappa shape index (κ1) is 15.5. The molecule has 1 aliphatic carbocycles. The van der Waals surface area contributed by atoms with E-state index in [4.69, 9.17) is 5.11 Å². The first-order valence-corrected chi connectivity index (χ1v) is 6.84. The molecule has 0 aromatic heterocycles. The fourth-order valence-corrected chi connectivity index (χ4v) is 2.38. The van der Waals surface area contributed by atoms with Crippen LogP contribution in [0.4, 0.5) is 13.2 Å². The standard InChI is InChI=1S/C12H20F3N3O2/c13-12(14,15)8-18-5-3-17(4-6-18)7-10(11(19)20)16-9-1-2-9/h9-10,16H,1-8H2,(H,19,20). The molecule has 1 heterocycles. The molecule has 0 aromatic carbocycles. The van der Waals surface area contributed by atoms with Crippen LogP contribution in [0.1, 0.15) is 12.8 Å². The normalized spacial score (nSPS) is 23.8. The molecule has 116 valence electrons. The number of alkyl halides is 3. The lowest BCUT2D eigenvalue weighted by atomic mass is 10.2. The zero-order valence-corrected chi connectivity index (χ0v) is 11.2. The number of nitrogens with zero attached hydrogens (tertiary/aromatic N) is 2. The van der Waals surface area contributed by atoms with Crippen LogP contribution in [0.25, 0.3) is 0 Å². The summed E-state index contributed by atoms with van der Waals surface area (Å²) in [5.41, 5.74) is 0. The van der Waals surface area contributed by atoms with Crippen LogP contribution in [0.2, 0.25) is 0 Å². The van der Waals surface area contributed by atoms with Crippen LogP contribution >= 0.6 is 0 Å². The highest BCUT2D eigenvalue weighted by Crippen LogP contribution is 2.20. The summed E-state index contributed by atoms with van der Waals surface area (Å²) in [6.45, 7) is 1.08. The molecule has 2 fully saturated rings. The second-order valence-corrected chi connectivity index (χ2v) is 5.52. The smallest absolute Gasteiger partial charge is 0.401 e.